The van der Waals surface area contributed by atoms with Gasteiger partial charge in [0.25, 0.3) is 0 Å². The van der Waals surface area contributed by atoms with E-state index < -0.39 is 12.1 Å². The largest absolute Gasteiger partial charge is 0.392 e. The van der Waals surface area contributed by atoms with Crippen LogP contribution in [0.2, 0.25) is 0 Å². The lowest BCUT2D eigenvalue weighted by Gasteiger charge is -2.36. The van der Waals surface area contributed by atoms with Crippen LogP contribution in [0.15, 0.2) is 0 Å². The smallest absolute Gasteiger partial charge is 0.171 e. The van der Waals surface area contributed by atoms with Gasteiger partial charge in [-0.2, -0.15) is 13.2 Å². The van der Waals surface area contributed by atoms with E-state index in [9.17, 15) is 13.2 Å². The molecule has 0 saturated heterocycles. The quantitative estimate of drug-likeness (QED) is 0.549. The summed E-state index contributed by atoms with van der Waals surface area (Å²) in [6, 6.07) is 0. The minimum Gasteiger partial charge on any atom is -0.171 e. The van der Waals surface area contributed by atoms with Gasteiger partial charge in [-0.05, 0) is 36.5 Å². The van der Waals surface area contributed by atoms with Crippen molar-refractivity contribution in [1.29, 1.82) is 0 Å². The van der Waals surface area contributed by atoms with E-state index in [1.54, 1.807) is 6.92 Å². The van der Waals surface area contributed by atoms with Crippen molar-refractivity contribution in [2.24, 2.45) is 29.6 Å². The van der Waals surface area contributed by atoms with Crippen molar-refractivity contribution < 1.29 is 13.2 Å². The molecule has 2 saturated carbocycles. The maximum absolute atomic E-state index is 13.0. The Bertz CT molecular complexity index is 302. The van der Waals surface area contributed by atoms with Gasteiger partial charge in [-0.1, -0.05) is 65.2 Å². The molecule has 0 bridgehead atoms. The molecule has 0 amide bonds. The third-order valence-electron chi connectivity index (χ3n) is 6.25. The van der Waals surface area contributed by atoms with Crippen LogP contribution in [0, 0.1) is 29.6 Å². The monoisotopic (exact) mass is 304 g/mol. The summed E-state index contributed by atoms with van der Waals surface area (Å²) in [5, 5.41) is 0. The SMILES string of the molecule is CCC1CCC(CCC2CCC(C)C(C(F)(F)F)C2)CC1. The molecule has 3 heteroatoms. The summed E-state index contributed by atoms with van der Waals surface area (Å²) in [7, 11) is 0. The summed E-state index contributed by atoms with van der Waals surface area (Å²) in [5.41, 5.74) is 0. The molecule has 0 heterocycles. The molecule has 0 spiro atoms. The first-order chi connectivity index (χ1) is 9.90. The van der Waals surface area contributed by atoms with Gasteiger partial charge in [-0.25, -0.2) is 0 Å². The third-order valence-corrected chi connectivity index (χ3v) is 6.25. The highest BCUT2D eigenvalue weighted by atomic mass is 19.4. The van der Waals surface area contributed by atoms with Gasteiger partial charge in [0.2, 0.25) is 0 Å². The molecule has 3 unspecified atom stereocenters. The third kappa shape index (κ3) is 4.89. The Morgan fingerprint density at radius 2 is 1.33 bits per heavy atom. The fourth-order valence-electron chi connectivity index (χ4n) is 4.53. The van der Waals surface area contributed by atoms with Crippen LogP contribution in [0.5, 0.6) is 0 Å². The van der Waals surface area contributed by atoms with E-state index in [1.165, 1.54) is 38.5 Å². The van der Waals surface area contributed by atoms with Crippen molar-refractivity contribution in [3.63, 3.8) is 0 Å². The molecule has 0 N–H and O–H groups in total. The van der Waals surface area contributed by atoms with Crippen molar-refractivity contribution in [1.82, 2.24) is 0 Å². The molecule has 0 aliphatic heterocycles. The Morgan fingerprint density at radius 3 is 1.90 bits per heavy atom. The highest BCUT2D eigenvalue weighted by molar-refractivity contribution is 4.83. The number of hydrogen-bond acceptors (Lipinski definition) is 0. The zero-order valence-corrected chi connectivity index (χ0v) is 13.6. The van der Waals surface area contributed by atoms with Crippen molar-refractivity contribution in [3.05, 3.63) is 0 Å². The fraction of sp³-hybridized carbons (Fsp3) is 1.00. The maximum atomic E-state index is 13.0. The van der Waals surface area contributed by atoms with Gasteiger partial charge in [0.1, 0.15) is 0 Å². The lowest BCUT2D eigenvalue weighted by molar-refractivity contribution is -0.199. The lowest BCUT2D eigenvalue weighted by Crippen LogP contribution is -2.34. The average molecular weight is 304 g/mol. The molecule has 0 aromatic heterocycles. The van der Waals surface area contributed by atoms with Crippen LogP contribution < -0.4 is 0 Å². The molecule has 2 aliphatic rings. The summed E-state index contributed by atoms with van der Waals surface area (Å²) in [5.74, 6) is 0.785. The van der Waals surface area contributed by atoms with Gasteiger partial charge >= 0.3 is 6.18 Å². The Morgan fingerprint density at radius 1 is 0.810 bits per heavy atom. The van der Waals surface area contributed by atoms with Gasteiger partial charge in [0, 0.05) is 0 Å². The normalized spacial score (nSPS) is 38.4. The molecule has 21 heavy (non-hydrogen) atoms. The second-order valence-electron chi connectivity index (χ2n) is 7.68. The molecule has 0 radical (unpaired) electrons. The Kier molecular flexibility index (Phi) is 6.02. The molecule has 2 rings (SSSR count). The molecular weight excluding hydrogens is 273 g/mol. The molecule has 2 aliphatic carbocycles. The van der Waals surface area contributed by atoms with Crippen LogP contribution in [0.25, 0.3) is 0 Å². The minimum atomic E-state index is -3.99. The first kappa shape index (κ1) is 17.1. The van der Waals surface area contributed by atoms with E-state index in [1.807, 2.05) is 0 Å². The zero-order chi connectivity index (χ0) is 15.5. The average Bonchev–Trinajstić information content (AvgIpc) is 2.45. The van der Waals surface area contributed by atoms with Crippen molar-refractivity contribution in [2.75, 3.05) is 0 Å². The molecule has 2 fully saturated rings. The Hall–Kier alpha value is -0.210. The molecule has 3 atom stereocenters. The van der Waals surface area contributed by atoms with Crippen LogP contribution in [0.4, 0.5) is 13.2 Å². The van der Waals surface area contributed by atoms with E-state index >= 15 is 0 Å². The highest BCUT2D eigenvalue weighted by Crippen LogP contribution is 2.45. The van der Waals surface area contributed by atoms with Crippen molar-refractivity contribution >= 4 is 0 Å². The van der Waals surface area contributed by atoms with E-state index in [4.69, 9.17) is 0 Å². The topological polar surface area (TPSA) is 0 Å². The molecular formula is C18H31F3. The summed E-state index contributed by atoms with van der Waals surface area (Å²) in [6.07, 6.45) is 6.96. The van der Waals surface area contributed by atoms with Gasteiger partial charge in [-0.3, -0.25) is 0 Å². The van der Waals surface area contributed by atoms with Crippen LogP contribution in [0.1, 0.15) is 78.1 Å². The van der Waals surface area contributed by atoms with Crippen LogP contribution in [-0.4, -0.2) is 6.18 Å². The second-order valence-corrected chi connectivity index (χ2v) is 7.68. The number of hydrogen-bond donors (Lipinski definition) is 0. The summed E-state index contributed by atoms with van der Waals surface area (Å²) < 4.78 is 39.1. The first-order valence-corrected chi connectivity index (χ1v) is 8.96. The predicted octanol–water partition coefficient (Wildman–Crippen LogP) is 6.60. The van der Waals surface area contributed by atoms with Gasteiger partial charge < -0.3 is 0 Å². The number of halogens is 3. The van der Waals surface area contributed by atoms with Gasteiger partial charge in [-0.15, -0.1) is 0 Å². The fourth-order valence-corrected chi connectivity index (χ4v) is 4.53. The van der Waals surface area contributed by atoms with E-state index in [2.05, 4.69) is 6.92 Å². The molecule has 0 aromatic rings. The summed E-state index contributed by atoms with van der Waals surface area (Å²) in [6.45, 7) is 4.05. The van der Waals surface area contributed by atoms with Crippen molar-refractivity contribution in [2.45, 2.75) is 84.2 Å². The number of alkyl halides is 3. The second kappa shape index (κ2) is 7.37. The minimum absolute atomic E-state index is 0.179. The number of rotatable bonds is 4. The summed E-state index contributed by atoms with van der Waals surface area (Å²) in [4.78, 5) is 0. The van der Waals surface area contributed by atoms with Gasteiger partial charge in [0.15, 0.2) is 0 Å². The van der Waals surface area contributed by atoms with Crippen LogP contribution >= 0.6 is 0 Å². The Labute approximate surface area is 127 Å². The standard InChI is InChI=1S/C18H31F3/c1-3-14-6-8-15(9-7-14)10-11-16-5-4-13(2)17(12-16)18(19,20)21/h13-17H,3-12H2,1-2H3. The lowest BCUT2D eigenvalue weighted by atomic mass is 9.71. The van der Waals surface area contributed by atoms with Gasteiger partial charge in [0.05, 0.1) is 5.92 Å². The van der Waals surface area contributed by atoms with Crippen LogP contribution in [-0.2, 0) is 0 Å². The Balaban J connectivity index is 1.74. The summed E-state index contributed by atoms with van der Waals surface area (Å²) >= 11 is 0. The highest BCUT2D eigenvalue weighted by Gasteiger charge is 2.45. The molecule has 124 valence electrons. The first-order valence-electron chi connectivity index (χ1n) is 8.96. The predicted molar refractivity (Wildman–Crippen MR) is 81.0 cm³/mol. The molecule has 0 nitrogen and oxygen atoms in total. The maximum Gasteiger partial charge on any atom is 0.392 e. The van der Waals surface area contributed by atoms with Crippen LogP contribution in [0.3, 0.4) is 0 Å². The van der Waals surface area contributed by atoms with E-state index in [-0.39, 0.29) is 5.92 Å². The van der Waals surface area contributed by atoms with E-state index in [0.717, 1.165) is 31.1 Å². The van der Waals surface area contributed by atoms with E-state index in [0.29, 0.717) is 12.3 Å². The molecule has 0 aromatic carbocycles. The zero-order valence-electron chi connectivity index (χ0n) is 13.6. The van der Waals surface area contributed by atoms with Crippen molar-refractivity contribution in [3.8, 4) is 0 Å².